The molecule has 1 aromatic carbocycles. The first-order chi connectivity index (χ1) is 8.60. The summed E-state index contributed by atoms with van der Waals surface area (Å²) in [4.78, 5) is 13.0. The molecule has 1 N–H and O–H groups in total. The summed E-state index contributed by atoms with van der Waals surface area (Å²) in [7, 11) is 1.62. The fraction of sp³-hybridized carbons (Fsp3) is 0.462. The first-order valence-electron chi connectivity index (χ1n) is 5.87. The molecule has 1 aromatic rings. The van der Waals surface area contributed by atoms with Crippen LogP contribution >= 0.6 is 24.0 Å². The van der Waals surface area contributed by atoms with Gasteiger partial charge in [0.15, 0.2) is 0 Å². The molecule has 1 aliphatic rings. The predicted octanol–water partition coefficient (Wildman–Crippen LogP) is 2.68. The number of carboxylic acid groups (broad SMARTS) is 1. The normalized spacial score (nSPS) is 18.9. The van der Waals surface area contributed by atoms with E-state index in [0.29, 0.717) is 24.5 Å². The van der Waals surface area contributed by atoms with Crippen LogP contribution in [0.25, 0.3) is 0 Å². The Bertz CT molecular complexity index is 454. The zero-order valence-corrected chi connectivity index (χ0v) is 12.2. The van der Waals surface area contributed by atoms with Crippen LogP contribution < -0.4 is 4.74 Å². The second-order valence-corrected chi connectivity index (χ2v) is 4.95. The number of carboxylic acids is 1. The second kappa shape index (κ2) is 6.98. The first-order valence-corrected chi connectivity index (χ1v) is 6.25. The molecule has 106 valence electrons. The summed E-state index contributed by atoms with van der Waals surface area (Å²) < 4.78 is 5.28. The minimum Gasteiger partial charge on any atom is -0.496 e. The Hall–Kier alpha value is -0.970. The highest BCUT2D eigenvalue weighted by Gasteiger charge is 2.28. The van der Waals surface area contributed by atoms with Gasteiger partial charge in [-0.2, -0.15) is 0 Å². The summed E-state index contributed by atoms with van der Waals surface area (Å²) in [6, 6.07) is 5.49. The van der Waals surface area contributed by atoms with E-state index in [1.165, 1.54) is 0 Å². The molecule has 0 radical (unpaired) electrons. The number of benzene rings is 1. The molecule has 0 bridgehead atoms. The van der Waals surface area contributed by atoms with E-state index in [1.54, 1.807) is 13.2 Å². The largest absolute Gasteiger partial charge is 0.496 e. The Labute approximate surface area is 123 Å². The van der Waals surface area contributed by atoms with Crippen molar-refractivity contribution in [2.24, 2.45) is 5.92 Å². The van der Waals surface area contributed by atoms with Gasteiger partial charge in [0, 0.05) is 23.7 Å². The average molecular weight is 306 g/mol. The van der Waals surface area contributed by atoms with Crippen LogP contribution in [0.1, 0.15) is 12.0 Å². The molecule has 1 fully saturated rings. The van der Waals surface area contributed by atoms with Crippen molar-refractivity contribution in [2.45, 2.75) is 13.0 Å². The third-order valence-electron chi connectivity index (χ3n) is 3.26. The Morgan fingerprint density at radius 3 is 2.89 bits per heavy atom. The second-order valence-electron chi connectivity index (χ2n) is 4.52. The maximum Gasteiger partial charge on any atom is 0.307 e. The molecule has 1 saturated heterocycles. The molecule has 2 rings (SSSR count). The minimum atomic E-state index is -0.712. The van der Waals surface area contributed by atoms with E-state index >= 15 is 0 Å². The third-order valence-corrected chi connectivity index (χ3v) is 3.49. The number of ether oxygens (including phenoxy) is 1. The molecule has 1 aliphatic heterocycles. The van der Waals surface area contributed by atoms with Crippen molar-refractivity contribution in [1.82, 2.24) is 4.90 Å². The number of aliphatic carboxylic acids is 1. The van der Waals surface area contributed by atoms with Gasteiger partial charge in [-0.05, 0) is 31.2 Å². The molecule has 0 spiro atoms. The number of rotatable bonds is 4. The highest BCUT2D eigenvalue weighted by atomic mass is 35.5. The van der Waals surface area contributed by atoms with Gasteiger partial charge in [0.05, 0.1) is 13.0 Å². The van der Waals surface area contributed by atoms with Crippen LogP contribution in [0.15, 0.2) is 18.2 Å². The van der Waals surface area contributed by atoms with Crippen LogP contribution in [-0.4, -0.2) is 36.2 Å². The lowest BCUT2D eigenvalue weighted by Crippen LogP contribution is -2.23. The van der Waals surface area contributed by atoms with Crippen molar-refractivity contribution in [2.75, 3.05) is 20.2 Å². The third kappa shape index (κ3) is 4.00. The lowest BCUT2D eigenvalue weighted by atomic mass is 10.1. The van der Waals surface area contributed by atoms with E-state index < -0.39 is 5.97 Å². The van der Waals surface area contributed by atoms with Crippen molar-refractivity contribution >= 4 is 30.0 Å². The van der Waals surface area contributed by atoms with E-state index in [1.807, 2.05) is 12.1 Å². The Morgan fingerprint density at radius 1 is 1.58 bits per heavy atom. The first kappa shape index (κ1) is 16.1. The highest BCUT2D eigenvalue weighted by molar-refractivity contribution is 6.30. The molecule has 1 unspecified atom stereocenters. The van der Waals surface area contributed by atoms with Crippen LogP contribution in [0.4, 0.5) is 0 Å². The minimum absolute atomic E-state index is 0. The summed E-state index contributed by atoms with van der Waals surface area (Å²) in [6.45, 7) is 2.06. The van der Waals surface area contributed by atoms with Gasteiger partial charge in [0.2, 0.25) is 0 Å². The molecule has 19 heavy (non-hydrogen) atoms. The average Bonchev–Trinajstić information content (AvgIpc) is 2.78. The summed E-state index contributed by atoms with van der Waals surface area (Å²) in [6.07, 6.45) is 0.707. The van der Waals surface area contributed by atoms with Gasteiger partial charge in [-0.25, -0.2) is 0 Å². The number of nitrogens with zero attached hydrogens (tertiary/aromatic N) is 1. The number of hydrogen-bond acceptors (Lipinski definition) is 3. The smallest absolute Gasteiger partial charge is 0.307 e. The molecular weight excluding hydrogens is 289 g/mol. The van der Waals surface area contributed by atoms with E-state index in [9.17, 15) is 4.79 Å². The van der Waals surface area contributed by atoms with Crippen LogP contribution in [0.3, 0.4) is 0 Å². The van der Waals surface area contributed by atoms with Crippen LogP contribution in [0, 0.1) is 5.92 Å². The summed E-state index contributed by atoms with van der Waals surface area (Å²) in [5.41, 5.74) is 0.996. The quantitative estimate of drug-likeness (QED) is 0.929. The molecule has 0 saturated carbocycles. The highest BCUT2D eigenvalue weighted by Crippen LogP contribution is 2.26. The Morgan fingerprint density at radius 2 is 2.32 bits per heavy atom. The maximum atomic E-state index is 10.9. The Kier molecular flexibility index (Phi) is 5.91. The van der Waals surface area contributed by atoms with Crippen LogP contribution in [0.2, 0.25) is 5.02 Å². The van der Waals surface area contributed by atoms with E-state index in [0.717, 1.165) is 17.9 Å². The van der Waals surface area contributed by atoms with E-state index in [2.05, 4.69) is 4.90 Å². The molecule has 6 heteroatoms. The number of hydrogen-bond donors (Lipinski definition) is 1. The van der Waals surface area contributed by atoms with Gasteiger partial charge in [-0.3, -0.25) is 9.69 Å². The molecule has 1 heterocycles. The molecule has 0 amide bonds. The van der Waals surface area contributed by atoms with Crippen molar-refractivity contribution < 1.29 is 14.6 Å². The van der Waals surface area contributed by atoms with Crippen molar-refractivity contribution in [3.8, 4) is 5.75 Å². The topological polar surface area (TPSA) is 49.8 Å². The molecular formula is C13H17Cl2NO3. The fourth-order valence-corrected chi connectivity index (χ4v) is 2.48. The van der Waals surface area contributed by atoms with E-state index in [-0.39, 0.29) is 18.3 Å². The summed E-state index contributed by atoms with van der Waals surface area (Å²) in [5, 5.41) is 9.64. The van der Waals surface area contributed by atoms with Gasteiger partial charge in [0.1, 0.15) is 5.75 Å². The molecule has 0 aromatic heterocycles. The zero-order valence-electron chi connectivity index (χ0n) is 10.6. The van der Waals surface area contributed by atoms with Crippen LogP contribution in [0.5, 0.6) is 5.75 Å². The van der Waals surface area contributed by atoms with Crippen LogP contribution in [-0.2, 0) is 11.3 Å². The van der Waals surface area contributed by atoms with Crippen molar-refractivity contribution in [3.05, 3.63) is 28.8 Å². The summed E-state index contributed by atoms with van der Waals surface area (Å²) in [5.74, 6) is -0.177. The van der Waals surface area contributed by atoms with Crippen molar-refractivity contribution in [3.63, 3.8) is 0 Å². The predicted molar refractivity (Wildman–Crippen MR) is 76.3 cm³/mol. The van der Waals surface area contributed by atoms with Gasteiger partial charge >= 0.3 is 5.97 Å². The standard InChI is InChI=1S/C13H16ClNO3.ClH/c1-18-12-3-2-11(14)6-10(12)8-15-5-4-9(7-15)13(16)17;/h2-3,6,9H,4-5,7-8H2,1H3,(H,16,17);1H. The number of methoxy groups -OCH3 is 1. The number of likely N-dealkylation sites (tertiary alicyclic amines) is 1. The summed E-state index contributed by atoms with van der Waals surface area (Å²) >= 11 is 5.97. The molecule has 1 atom stereocenters. The lowest BCUT2D eigenvalue weighted by Gasteiger charge is -2.17. The maximum absolute atomic E-state index is 10.9. The fourth-order valence-electron chi connectivity index (χ4n) is 2.29. The molecule has 4 nitrogen and oxygen atoms in total. The Balaban J connectivity index is 0.00000180. The SMILES string of the molecule is COc1ccc(Cl)cc1CN1CCC(C(=O)O)C1.Cl. The van der Waals surface area contributed by atoms with E-state index in [4.69, 9.17) is 21.4 Å². The van der Waals surface area contributed by atoms with Crippen molar-refractivity contribution in [1.29, 1.82) is 0 Å². The van der Waals surface area contributed by atoms with Gasteiger partial charge in [0.25, 0.3) is 0 Å². The van der Waals surface area contributed by atoms with Gasteiger partial charge < -0.3 is 9.84 Å². The monoisotopic (exact) mass is 305 g/mol. The number of carbonyl (C=O) groups is 1. The zero-order chi connectivity index (χ0) is 13.1. The molecule has 0 aliphatic carbocycles. The van der Waals surface area contributed by atoms with Gasteiger partial charge in [-0.1, -0.05) is 11.6 Å². The lowest BCUT2D eigenvalue weighted by molar-refractivity contribution is -0.141. The van der Waals surface area contributed by atoms with Gasteiger partial charge in [-0.15, -0.1) is 12.4 Å². The number of halogens is 2.